The van der Waals surface area contributed by atoms with Crippen molar-refractivity contribution < 1.29 is 31.1 Å². The van der Waals surface area contributed by atoms with E-state index in [0.29, 0.717) is 12.4 Å². The van der Waals surface area contributed by atoms with E-state index in [1.54, 1.807) is 12.1 Å². The number of alkyl halides is 3. The fourth-order valence-electron chi connectivity index (χ4n) is 2.92. The van der Waals surface area contributed by atoms with Gasteiger partial charge in [0.05, 0.1) is 17.5 Å². The maximum Gasteiger partial charge on any atom is 0.416 e. The normalized spacial score (nSPS) is 11.6. The predicted octanol–water partition coefficient (Wildman–Crippen LogP) is 4.69. The van der Waals surface area contributed by atoms with Crippen LogP contribution in [0.5, 0.6) is 5.75 Å². The van der Waals surface area contributed by atoms with Crippen LogP contribution in [0.4, 0.5) is 24.5 Å². The number of ether oxygens (including phenoxy) is 1. The second-order valence-corrected chi connectivity index (χ2v) is 9.07. The largest absolute Gasteiger partial charge is 0.489 e. The standard InChI is InChI=1S/C23H21F3N2O4S/c1-33(30,31)28(15-22(29)27-19-9-7-18(8-10-19)23(24,25)26)20-11-13-21(14-12-20)32-16-17-5-3-2-4-6-17/h2-14H,15-16H2,1H3,(H,27,29). The molecule has 6 nitrogen and oxygen atoms in total. The molecule has 0 aliphatic heterocycles. The van der Waals surface area contributed by atoms with Crippen molar-refractivity contribution in [1.29, 1.82) is 0 Å². The molecule has 33 heavy (non-hydrogen) atoms. The molecule has 3 rings (SSSR count). The molecule has 0 fully saturated rings. The van der Waals surface area contributed by atoms with Crippen LogP contribution in [-0.2, 0) is 27.6 Å². The Kier molecular flexibility index (Phi) is 7.27. The highest BCUT2D eigenvalue weighted by molar-refractivity contribution is 7.92. The minimum atomic E-state index is -4.49. The third kappa shape index (κ3) is 6.98. The van der Waals surface area contributed by atoms with E-state index in [2.05, 4.69) is 5.32 Å². The highest BCUT2D eigenvalue weighted by atomic mass is 32.2. The number of sulfonamides is 1. The Morgan fingerprint density at radius 2 is 1.55 bits per heavy atom. The van der Waals surface area contributed by atoms with Crippen molar-refractivity contribution in [2.24, 2.45) is 0 Å². The molecule has 0 unspecified atom stereocenters. The van der Waals surface area contributed by atoms with Gasteiger partial charge in [0.15, 0.2) is 0 Å². The van der Waals surface area contributed by atoms with Crippen LogP contribution in [-0.4, -0.2) is 27.1 Å². The van der Waals surface area contributed by atoms with Gasteiger partial charge in [-0.15, -0.1) is 0 Å². The van der Waals surface area contributed by atoms with Crippen LogP contribution in [0.25, 0.3) is 0 Å². The second-order valence-electron chi connectivity index (χ2n) is 7.16. The van der Waals surface area contributed by atoms with Crippen molar-refractivity contribution in [3.05, 3.63) is 90.0 Å². The summed E-state index contributed by atoms with van der Waals surface area (Å²) in [5, 5.41) is 2.41. The zero-order valence-electron chi connectivity index (χ0n) is 17.5. The Hall–Kier alpha value is -3.53. The van der Waals surface area contributed by atoms with E-state index in [1.807, 2.05) is 30.3 Å². The molecule has 0 bridgehead atoms. The van der Waals surface area contributed by atoms with Crippen molar-refractivity contribution in [1.82, 2.24) is 0 Å². The van der Waals surface area contributed by atoms with Gasteiger partial charge in [-0.2, -0.15) is 13.2 Å². The quantitative estimate of drug-likeness (QED) is 0.510. The molecule has 0 saturated carbocycles. The number of hydrogen-bond donors (Lipinski definition) is 1. The van der Waals surface area contributed by atoms with Crippen LogP contribution < -0.4 is 14.4 Å². The van der Waals surface area contributed by atoms with E-state index in [0.717, 1.165) is 40.4 Å². The van der Waals surface area contributed by atoms with Gasteiger partial charge < -0.3 is 10.1 Å². The number of anilines is 2. The average molecular weight is 478 g/mol. The predicted molar refractivity (Wildman–Crippen MR) is 119 cm³/mol. The minimum absolute atomic E-state index is 0.117. The van der Waals surface area contributed by atoms with E-state index in [1.165, 1.54) is 12.1 Å². The van der Waals surface area contributed by atoms with Gasteiger partial charge in [0.25, 0.3) is 0 Å². The molecule has 0 radical (unpaired) electrons. The van der Waals surface area contributed by atoms with Gasteiger partial charge >= 0.3 is 6.18 Å². The molecular weight excluding hydrogens is 457 g/mol. The molecule has 174 valence electrons. The first-order chi connectivity index (χ1) is 15.5. The lowest BCUT2D eigenvalue weighted by atomic mass is 10.2. The van der Waals surface area contributed by atoms with Crippen molar-refractivity contribution in [2.75, 3.05) is 22.4 Å². The van der Waals surface area contributed by atoms with Crippen LogP contribution in [0, 0.1) is 0 Å². The third-order valence-corrected chi connectivity index (χ3v) is 5.70. The fourth-order valence-corrected chi connectivity index (χ4v) is 3.78. The molecule has 0 atom stereocenters. The lowest BCUT2D eigenvalue weighted by molar-refractivity contribution is -0.137. The third-order valence-electron chi connectivity index (χ3n) is 4.56. The van der Waals surface area contributed by atoms with Crippen LogP contribution in [0.2, 0.25) is 0 Å². The summed E-state index contributed by atoms with van der Waals surface area (Å²) in [6, 6.07) is 19.6. The molecule has 0 saturated heterocycles. The summed E-state index contributed by atoms with van der Waals surface area (Å²) in [6.45, 7) is -0.213. The first-order valence-corrected chi connectivity index (χ1v) is 11.6. The molecule has 0 aliphatic carbocycles. The number of amides is 1. The molecule has 0 spiro atoms. The maximum absolute atomic E-state index is 12.7. The number of rotatable bonds is 8. The molecule has 3 aromatic carbocycles. The molecule has 1 N–H and O–H groups in total. The Labute approximate surface area is 189 Å². The summed E-state index contributed by atoms with van der Waals surface area (Å²) in [4.78, 5) is 12.4. The van der Waals surface area contributed by atoms with E-state index in [9.17, 15) is 26.4 Å². The SMILES string of the molecule is CS(=O)(=O)N(CC(=O)Nc1ccc(C(F)(F)F)cc1)c1ccc(OCc2ccccc2)cc1. The van der Waals surface area contributed by atoms with Gasteiger partial charge in [-0.3, -0.25) is 9.10 Å². The molecular formula is C23H21F3N2O4S. The second kappa shape index (κ2) is 9.95. The number of carbonyl (C=O) groups excluding carboxylic acids is 1. The lowest BCUT2D eigenvalue weighted by Gasteiger charge is -2.22. The van der Waals surface area contributed by atoms with Gasteiger partial charge in [0, 0.05) is 5.69 Å². The van der Waals surface area contributed by atoms with Crippen LogP contribution in [0.15, 0.2) is 78.9 Å². The van der Waals surface area contributed by atoms with Crippen molar-refractivity contribution in [3.8, 4) is 5.75 Å². The number of halogens is 3. The maximum atomic E-state index is 12.7. The zero-order valence-corrected chi connectivity index (χ0v) is 18.4. The summed E-state index contributed by atoms with van der Waals surface area (Å²) < 4.78 is 69.1. The lowest BCUT2D eigenvalue weighted by Crippen LogP contribution is -2.37. The monoisotopic (exact) mass is 478 g/mol. The first kappa shape index (κ1) is 24.1. The number of hydrogen-bond acceptors (Lipinski definition) is 4. The first-order valence-electron chi connectivity index (χ1n) is 9.74. The van der Waals surface area contributed by atoms with E-state index < -0.39 is 34.2 Å². The number of nitrogens with zero attached hydrogens (tertiary/aromatic N) is 1. The topological polar surface area (TPSA) is 75.7 Å². The Bertz CT molecular complexity index is 1180. The van der Waals surface area contributed by atoms with Gasteiger partial charge in [0.1, 0.15) is 18.9 Å². The van der Waals surface area contributed by atoms with Gasteiger partial charge in [0.2, 0.25) is 15.9 Å². The van der Waals surface area contributed by atoms with Crippen LogP contribution >= 0.6 is 0 Å². The molecule has 0 aromatic heterocycles. The zero-order chi connectivity index (χ0) is 24.1. The number of nitrogens with one attached hydrogen (secondary N) is 1. The molecule has 0 heterocycles. The average Bonchev–Trinajstić information content (AvgIpc) is 2.76. The van der Waals surface area contributed by atoms with Gasteiger partial charge in [-0.25, -0.2) is 8.42 Å². The number of benzene rings is 3. The highest BCUT2D eigenvalue weighted by Crippen LogP contribution is 2.30. The molecule has 1 amide bonds. The van der Waals surface area contributed by atoms with E-state index in [4.69, 9.17) is 4.74 Å². The summed E-state index contributed by atoms with van der Waals surface area (Å²) in [7, 11) is -3.82. The Morgan fingerprint density at radius 3 is 2.09 bits per heavy atom. The highest BCUT2D eigenvalue weighted by Gasteiger charge is 2.30. The van der Waals surface area contributed by atoms with Gasteiger partial charge in [-0.05, 0) is 54.1 Å². The van der Waals surface area contributed by atoms with E-state index in [-0.39, 0.29) is 11.4 Å². The summed E-state index contributed by atoms with van der Waals surface area (Å²) >= 11 is 0. The Balaban J connectivity index is 1.66. The van der Waals surface area contributed by atoms with Crippen LogP contribution in [0.1, 0.15) is 11.1 Å². The molecule has 0 aliphatic rings. The van der Waals surface area contributed by atoms with Crippen molar-refractivity contribution in [3.63, 3.8) is 0 Å². The molecule has 10 heteroatoms. The van der Waals surface area contributed by atoms with Gasteiger partial charge in [-0.1, -0.05) is 30.3 Å². The summed E-state index contributed by atoms with van der Waals surface area (Å²) in [5.41, 5.74) is 0.477. The van der Waals surface area contributed by atoms with E-state index >= 15 is 0 Å². The van der Waals surface area contributed by atoms with Crippen molar-refractivity contribution >= 4 is 27.3 Å². The minimum Gasteiger partial charge on any atom is -0.489 e. The number of carbonyl (C=O) groups is 1. The van der Waals surface area contributed by atoms with Crippen LogP contribution in [0.3, 0.4) is 0 Å². The smallest absolute Gasteiger partial charge is 0.416 e. The summed E-state index contributed by atoms with van der Waals surface area (Å²) in [5.74, 6) is -0.185. The Morgan fingerprint density at radius 1 is 0.939 bits per heavy atom. The summed E-state index contributed by atoms with van der Waals surface area (Å²) in [6.07, 6.45) is -3.54. The van der Waals surface area contributed by atoms with Crippen molar-refractivity contribution in [2.45, 2.75) is 12.8 Å². The fraction of sp³-hybridized carbons (Fsp3) is 0.174. The molecule has 3 aromatic rings.